The molecule has 1 atom stereocenters. The second-order valence-electron chi connectivity index (χ2n) is 4.48. The van der Waals surface area contributed by atoms with E-state index in [0.29, 0.717) is 5.56 Å². The summed E-state index contributed by atoms with van der Waals surface area (Å²) in [6.45, 7) is 1.67. The molecule has 2 rings (SSSR count). The Labute approximate surface area is 119 Å². The minimum Gasteiger partial charge on any atom is -0.494 e. The standard InChI is InChI=1S/C15H13F4NO/c1-8(9-3-4-10(16)13(7-9)21-2)20-12-6-5-11(17)14(18)15(12)19/h3-8,20H,1-2H3. The minimum absolute atomic E-state index is 0.0481. The lowest BCUT2D eigenvalue weighted by Crippen LogP contribution is -2.09. The number of rotatable bonds is 4. The van der Waals surface area contributed by atoms with E-state index in [-0.39, 0.29) is 11.4 Å². The molecule has 2 nitrogen and oxygen atoms in total. The van der Waals surface area contributed by atoms with Crippen molar-refractivity contribution < 1.29 is 22.3 Å². The van der Waals surface area contributed by atoms with Gasteiger partial charge in [0.05, 0.1) is 12.8 Å². The van der Waals surface area contributed by atoms with E-state index in [1.54, 1.807) is 6.92 Å². The van der Waals surface area contributed by atoms with Gasteiger partial charge in [0, 0.05) is 6.04 Å². The second kappa shape index (κ2) is 6.03. The molecule has 0 aliphatic rings. The topological polar surface area (TPSA) is 21.3 Å². The molecule has 0 heterocycles. The zero-order valence-electron chi connectivity index (χ0n) is 11.4. The van der Waals surface area contributed by atoms with Gasteiger partial charge in [-0.25, -0.2) is 17.6 Å². The van der Waals surface area contributed by atoms with Crippen LogP contribution in [0, 0.1) is 23.3 Å². The minimum atomic E-state index is -1.54. The van der Waals surface area contributed by atoms with Gasteiger partial charge in [0.15, 0.2) is 29.0 Å². The van der Waals surface area contributed by atoms with Crippen LogP contribution in [0.2, 0.25) is 0 Å². The second-order valence-corrected chi connectivity index (χ2v) is 4.48. The number of hydrogen-bond acceptors (Lipinski definition) is 2. The molecule has 2 aromatic carbocycles. The molecule has 6 heteroatoms. The van der Waals surface area contributed by atoms with Gasteiger partial charge in [-0.05, 0) is 36.8 Å². The third-order valence-corrected chi connectivity index (χ3v) is 3.08. The number of halogens is 4. The molecule has 1 N–H and O–H groups in total. The first-order valence-electron chi connectivity index (χ1n) is 6.17. The van der Waals surface area contributed by atoms with Crippen LogP contribution < -0.4 is 10.1 Å². The monoisotopic (exact) mass is 299 g/mol. The SMILES string of the molecule is COc1cc(C(C)Nc2ccc(F)c(F)c2F)ccc1F. The highest BCUT2D eigenvalue weighted by Gasteiger charge is 2.16. The highest BCUT2D eigenvalue weighted by atomic mass is 19.2. The number of hydrogen-bond donors (Lipinski definition) is 1. The van der Waals surface area contributed by atoms with Crippen molar-refractivity contribution in [3.63, 3.8) is 0 Å². The molecule has 112 valence electrons. The Morgan fingerprint density at radius 3 is 2.29 bits per heavy atom. The third-order valence-electron chi connectivity index (χ3n) is 3.08. The molecular weight excluding hydrogens is 286 g/mol. The van der Waals surface area contributed by atoms with Crippen LogP contribution in [0.4, 0.5) is 23.2 Å². The van der Waals surface area contributed by atoms with Crippen molar-refractivity contribution in [1.29, 1.82) is 0 Å². The smallest absolute Gasteiger partial charge is 0.196 e. The average Bonchev–Trinajstić information content (AvgIpc) is 2.48. The number of methoxy groups -OCH3 is 1. The Morgan fingerprint density at radius 2 is 1.62 bits per heavy atom. The van der Waals surface area contributed by atoms with Crippen LogP contribution in [0.15, 0.2) is 30.3 Å². The van der Waals surface area contributed by atoms with Gasteiger partial charge in [-0.2, -0.15) is 0 Å². The van der Waals surface area contributed by atoms with Crippen LogP contribution in [0.5, 0.6) is 5.75 Å². The first-order valence-corrected chi connectivity index (χ1v) is 6.17. The van der Waals surface area contributed by atoms with Gasteiger partial charge in [0.25, 0.3) is 0 Å². The lowest BCUT2D eigenvalue weighted by Gasteiger charge is -2.17. The molecule has 0 aliphatic carbocycles. The summed E-state index contributed by atoms with van der Waals surface area (Å²) in [5.74, 6) is -4.56. The largest absolute Gasteiger partial charge is 0.494 e. The molecular formula is C15H13F4NO. The van der Waals surface area contributed by atoms with Crippen LogP contribution >= 0.6 is 0 Å². The Balaban J connectivity index is 2.26. The predicted octanol–water partition coefficient (Wildman–Crippen LogP) is 4.42. The zero-order chi connectivity index (χ0) is 15.6. The van der Waals surface area contributed by atoms with E-state index in [0.717, 1.165) is 12.1 Å². The summed E-state index contributed by atoms with van der Waals surface area (Å²) in [4.78, 5) is 0. The maximum atomic E-state index is 13.6. The van der Waals surface area contributed by atoms with Gasteiger partial charge in [-0.3, -0.25) is 0 Å². The van der Waals surface area contributed by atoms with Crippen LogP contribution in [0.25, 0.3) is 0 Å². The van der Waals surface area contributed by atoms with E-state index in [1.165, 1.54) is 25.3 Å². The Kier molecular flexibility index (Phi) is 4.35. The first-order chi connectivity index (χ1) is 9.93. The van der Waals surface area contributed by atoms with Crippen LogP contribution in [0.3, 0.4) is 0 Å². The quantitative estimate of drug-likeness (QED) is 0.666. The van der Waals surface area contributed by atoms with Crippen molar-refractivity contribution in [3.8, 4) is 5.75 Å². The summed E-state index contributed by atoms with van der Waals surface area (Å²) >= 11 is 0. The summed E-state index contributed by atoms with van der Waals surface area (Å²) in [6, 6.07) is 5.63. The molecule has 0 saturated carbocycles. The highest BCUT2D eigenvalue weighted by Crippen LogP contribution is 2.27. The van der Waals surface area contributed by atoms with Crippen molar-refractivity contribution in [2.45, 2.75) is 13.0 Å². The van der Waals surface area contributed by atoms with Crippen LogP contribution in [-0.4, -0.2) is 7.11 Å². The molecule has 0 bridgehead atoms. The van der Waals surface area contributed by atoms with Crippen LogP contribution in [-0.2, 0) is 0 Å². The van der Waals surface area contributed by atoms with E-state index in [4.69, 9.17) is 4.74 Å². The van der Waals surface area contributed by atoms with E-state index >= 15 is 0 Å². The summed E-state index contributed by atoms with van der Waals surface area (Å²) in [7, 11) is 1.33. The van der Waals surface area contributed by atoms with Crippen molar-refractivity contribution in [1.82, 2.24) is 0 Å². The van der Waals surface area contributed by atoms with Gasteiger partial charge >= 0.3 is 0 Å². The van der Waals surface area contributed by atoms with E-state index in [9.17, 15) is 17.6 Å². The fourth-order valence-electron chi connectivity index (χ4n) is 1.90. The van der Waals surface area contributed by atoms with Crippen molar-refractivity contribution >= 4 is 5.69 Å². The predicted molar refractivity (Wildman–Crippen MR) is 71.3 cm³/mol. The van der Waals surface area contributed by atoms with Gasteiger partial charge in [-0.1, -0.05) is 6.07 Å². The van der Waals surface area contributed by atoms with Crippen molar-refractivity contribution in [3.05, 3.63) is 59.2 Å². The molecule has 0 aromatic heterocycles. The maximum absolute atomic E-state index is 13.6. The average molecular weight is 299 g/mol. The summed E-state index contributed by atoms with van der Waals surface area (Å²) in [6.07, 6.45) is 0. The van der Waals surface area contributed by atoms with E-state index < -0.39 is 29.3 Å². The van der Waals surface area contributed by atoms with E-state index in [2.05, 4.69) is 5.32 Å². The lowest BCUT2D eigenvalue weighted by atomic mass is 10.1. The van der Waals surface area contributed by atoms with Gasteiger partial charge in [0.1, 0.15) is 0 Å². The molecule has 1 unspecified atom stereocenters. The molecule has 0 aliphatic heterocycles. The van der Waals surface area contributed by atoms with Gasteiger partial charge in [-0.15, -0.1) is 0 Å². The highest BCUT2D eigenvalue weighted by molar-refractivity contribution is 5.48. The number of benzene rings is 2. The number of nitrogens with one attached hydrogen (secondary N) is 1. The summed E-state index contributed by atoms with van der Waals surface area (Å²) in [5.41, 5.74) is 0.432. The zero-order valence-corrected chi connectivity index (χ0v) is 11.4. The molecule has 0 saturated heterocycles. The Hall–Kier alpha value is -2.24. The maximum Gasteiger partial charge on any atom is 0.196 e. The molecule has 0 amide bonds. The van der Waals surface area contributed by atoms with Gasteiger partial charge < -0.3 is 10.1 Å². The number of ether oxygens (including phenoxy) is 1. The molecule has 2 aromatic rings. The molecule has 0 fully saturated rings. The molecule has 21 heavy (non-hydrogen) atoms. The number of anilines is 1. The third kappa shape index (κ3) is 3.09. The first kappa shape index (κ1) is 15.2. The Morgan fingerprint density at radius 1 is 0.952 bits per heavy atom. The lowest BCUT2D eigenvalue weighted by molar-refractivity contribution is 0.385. The fraction of sp³-hybridized carbons (Fsp3) is 0.200. The normalized spacial score (nSPS) is 12.1. The van der Waals surface area contributed by atoms with Gasteiger partial charge in [0.2, 0.25) is 0 Å². The van der Waals surface area contributed by atoms with Crippen molar-refractivity contribution in [2.75, 3.05) is 12.4 Å². The van der Waals surface area contributed by atoms with Crippen molar-refractivity contribution in [2.24, 2.45) is 0 Å². The fourth-order valence-corrected chi connectivity index (χ4v) is 1.90. The Bertz CT molecular complexity index is 660. The molecule has 0 spiro atoms. The van der Waals surface area contributed by atoms with Crippen LogP contribution in [0.1, 0.15) is 18.5 Å². The summed E-state index contributed by atoms with van der Waals surface area (Å²) in [5, 5.41) is 2.71. The molecule has 0 radical (unpaired) electrons. The van der Waals surface area contributed by atoms with E-state index in [1.807, 2.05) is 0 Å². The summed E-state index contributed by atoms with van der Waals surface area (Å²) < 4.78 is 57.8.